The summed E-state index contributed by atoms with van der Waals surface area (Å²) in [5.41, 5.74) is 9.03. The third-order valence-corrected chi connectivity index (χ3v) is 3.71. The van der Waals surface area contributed by atoms with E-state index >= 15 is 0 Å². The fraction of sp³-hybridized carbons (Fsp3) is 0.333. The lowest BCUT2D eigenvalue weighted by Gasteiger charge is -2.22. The van der Waals surface area contributed by atoms with E-state index in [1.165, 1.54) is 5.56 Å². The van der Waals surface area contributed by atoms with Crippen LogP contribution in [0.15, 0.2) is 30.5 Å². The van der Waals surface area contributed by atoms with E-state index < -0.39 is 0 Å². The van der Waals surface area contributed by atoms with Crippen LogP contribution in [0.25, 0.3) is 11.4 Å². The van der Waals surface area contributed by atoms with Crippen LogP contribution in [0.5, 0.6) is 5.75 Å². The first-order valence-electron chi connectivity index (χ1n) is 6.60. The molecule has 1 unspecified atom stereocenters. The SMILES string of the molecule is NCC1CCc2nc(-c3ccc(O)cc3)ncc2C1. The van der Waals surface area contributed by atoms with Crippen molar-refractivity contribution in [2.24, 2.45) is 11.7 Å². The van der Waals surface area contributed by atoms with E-state index in [1.807, 2.05) is 18.3 Å². The van der Waals surface area contributed by atoms with Crippen LogP contribution in [0, 0.1) is 5.92 Å². The molecule has 1 heterocycles. The van der Waals surface area contributed by atoms with Crippen LogP contribution in [0.3, 0.4) is 0 Å². The molecule has 0 saturated carbocycles. The van der Waals surface area contributed by atoms with Crippen LogP contribution < -0.4 is 5.73 Å². The monoisotopic (exact) mass is 255 g/mol. The Balaban J connectivity index is 1.92. The van der Waals surface area contributed by atoms with Gasteiger partial charge in [-0.2, -0.15) is 0 Å². The summed E-state index contributed by atoms with van der Waals surface area (Å²) in [7, 11) is 0. The minimum atomic E-state index is 0.257. The highest BCUT2D eigenvalue weighted by Gasteiger charge is 2.19. The molecule has 1 aliphatic carbocycles. The van der Waals surface area contributed by atoms with E-state index in [4.69, 9.17) is 5.73 Å². The zero-order valence-electron chi connectivity index (χ0n) is 10.7. The maximum atomic E-state index is 9.30. The van der Waals surface area contributed by atoms with Gasteiger partial charge in [-0.25, -0.2) is 9.97 Å². The predicted octanol–water partition coefficient (Wildman–Crippen LogP) is 1.91. The second-order valence-electron chi connectivity index (χ2n) is 5.06. The second-order valence-corrected chi connectivity index (χ2v) is 5.06. The quantitative estimate of drug-likeness (QED) is 0.860. The van der Waals surface area contributed by atoms with E-state index in [2.05, 4.69) is 9.97 Å². The molecule has 0 bridgehead atoms. The van der Waals surface area contributed by atoms with Gasteiger partial charge in [-0.3, -0.25) is 0 Å². The molecule has 0 spiro atoms. The summed E-state index contributed by atoms with van der Waals surface area (Å²) >= 11 is 0. The molecular formula is C15H17N3O. The molecule has 3 N–H and O–H groups in total. The Labute approximate surface area is 112 Å². The summed E-state index contributed by atoms with van der Waals surface area (Å²) in [5, 5.41) is 9.30. The Morgan fingerprint density at radius 1 is 1.26 bits per heavy atom. The number of hydrogen-bond acceptors (Lipinski definition) is 4. The van der Waals surface area contributed by atoms with Gasteiger partial charge in [-0.05, 0) is 61.6 Å². The Hall–Kier alpha value is -1.94. The maximum absolute atomic E-state index is 9.30. The molecule has 0 fully saturated rings. The van der Waals surface area contributed by atoms with Gasteiger partial charge in [-0.15, -0.1) is 0 Å². The van der Waals surface area contributed by atoms with Gasteiger partial charge in [0, 0.05) is 17.5 Å². The van der Waals surface area contributed by atoms with Crippen LogP contribution in [0.2, 0.25) is 0 Å². The minimum Gasteiger partial charge on any atom is -0.508 e. The fourth-order valence-electron chi connectivity index (χ4n) is 2.53. The van der Waals surface area contributed by atoms with Gasteiger partial charge in [0.25, 0.3) is 0 Å². The number of rotatable bonds is 2. The second kappa shape index (κ2) is 4.97. The van der Waals surface area contributed by atoms with Gasteiger partial charge >= 0.3 is 0 Å². The minimum absolute atomic E-state index is 0.257. The number of hydrogen-bond donors (Lipinski definition) is 2. The molecule has 4 nitrogen and oxygen atoms in total. The van der Waals surface area contributed by atoms with Gasteiger partial charge < -0.3 is 10.8 Å². The van der Waals surface area contributed by atoms with Crippen LogP contribution in [-0.2, 0) is 12.8 Å². The maximum Gasteiger partial charge on any atom is 0.159 e. The number of fused-ring (bicyclic) bond motifs is 1. The normalized spacial score (nSPS) is 18.1. The Morgan fingerprint density at radius 3 is 2.79 bits per heavy atom. The van der Waals surface area contributed by atoms with Crippen molar-refractivity contribution >= 4 is 0 Å². The molecular weight excluding hydrogens is 238 g/mol. The molecule has 4 heteroatoms. The summed E-state index contributed by atoms with van der Waals surface area (Å²) < 4.78 is 0. The third-order valence-electron chi connectivity index (χ3n) is 3.71. The number of phenolic OH excluding ortho intramolecular Hbond substituents is 1. The zero-order valence-corrected chi connectivity index (χ0v) is 10.7. The number of benzene rings is 1. The highest BCUT2D eigenvalue weighted by molar-refractivity contribution is 5.56. The van der Waals surface area contributed by atoms with E-state index in [0.29, 0.717) is 5.92 Å². The van der Waals surface area contributed by atoms with Crippen molar-refractivity contribution in [3.8, 4) is 17.1 Å². The van der Waals surface area contributed by atoms with Crippen LogP contribution in [0.4, 0.5) is 0 Å². The lowest BCUT2D eigenvalue weighted by molar-refractivity contribution is 0.462. The Morgan fingerprint density at radius 2 is 2.05 bits per heavy atom. The topological polar surface area (TPSA) is 72.0 Å². The first-order valence-corrected chi connectivity index (χ1v) is 6.60. The molecule has 0 amide bonds. The van der Waals surface area contributed by atoms with E-state index in [0.717, 1.165) is 42.9 Å². The zero-order chi connectivity index (χ0) is 13.2. The number of aromatic nitrogens is 2. The number of nitrogens with zero attached hydrogens (tertiary/aromatic N) is 2. The van der Waals surface area contributed by atoms with Crippen molar-refractivity contribution in [2.75, 3.05) is 6.54 Å². The summed E-state index contributed by atoms with van der Waals surface area (Å²) in [6.07, 6.45) is 4.99. The number of aromatic hydroxyl groups is 1. The first kappa shape index (κ1) is 12.1. The van der Waals surface area contributed by atoms with Crippen molar-refractivity contribution < 1.29 is 5.11 Å². The van der Waals surface area contributed by atoms with E-state index in [-0.39, 0.29) is 5.75 Å². The average Bonchev–Trinajstić information content (AvgIpc) is 2.47. The van der Waals surface area contributed by atoms with Gasteiger partial charge in [0.2, 0.25) is 0 Å². The largest absolute Gasteiger partial charge is 0.508 e. The lowest BCUT2D eigenvalue weighted by atomic mass is 9.87. The molecule has 0 radical (unpaired) electrons. The van der Waals surface area contributed by atoms with Crippen molar-refractivity contribution in [1.82, 2.24) is 9.97 Å². The van der Waals surface area contributed by atoms with Crippen molar-refractivity contribution in [1.29, 1.82) is 0 Å². The molecule has 19 heavy (non-hydrogen) atoms. The average molecular weight is 255 g/mol. The van der Waals surface area contributed by atoms with Crippen LogP contribution >= 0.6 is 0 Å². The van der Waals surface area contributed by atoms with Gasteiger partial charge in [0.1, 0.15) is 5.75 Å². The van der Waals surface area contributed by atoms with Gasteiger partial charge in [-0.1, -0.05) is 0 Å². The fourth-order valence-corrected chi connectivity index (χ4v) is 2.53. The highest BCUT2D eigenvalue weighted by atomic mass is 16.3. The molecule has 1 atom stereocenters. The third kappa shape index (κ3) is 2.44. The number of aryl methyl sites for hydroxylation is 1. The Bertz CT molecular complexity index is 580. The molecule has 1 aromatic carbocycles. The number of nitrogens with two attached hydrogens (primary N) is 1. The summed E-state index contributed by atoms with van der Waals surface area (Å²) in [5.74, 6) is 1.55. The highest BCUT2D eigenvalue weighted by Crippen LogP contribution is 2.25. The molecule has 0 saturated heterocycles. The molecule has 98 valence electrons. The standard InChI is InChI=1S/C15H17N3O/c16-8-10-1-6-14-12(7-10)9-17-15(18-14)11-2-4-13(19)5-3-11/h2-5,9-10,19H,1,6-8,16H2. The van der Waals surface area contributed by atoms with Crippen molar-refractivity contribution in [3.05, 3.63) is 41.7 Å². The molecule has 2 aromatic rings. The van der Waals surface area contributed by atoms with Gasteiger partial charge in [0.05, 0.1) is 0 Å². The van der Waals surface area contributed by atoms with Gasteiger partial charge in [0.15, 0.2) is 5.82 Å². The molecule has 3 rings (SSSR count). The van der Waals surface area contributed by atoms with Crippen LogP contribution in [-0.4, -0.2) is 21.6 Å². The van der Waals surface area contributed by atoms with E-state index in [1.54, 1.807) is 12.1 Å². The van der Waals surface area contributed by atoms with E-state index in [9.17, 15) is 5.11 Å². The summed E-state index contributed by atoms with van der Waals surface area (Å²) in [6, 6.07) is 6.98. The summed E-state index contributed by atoms with van der Waals surface area (Å²) in [6.45, 7) is 0.735. The molecule has 0 aliphatic heterocycles. The van der Waals surface area contributed by atoms with Crippen molar-refractivity contribution in [3.63, 3.8) is 0 Å². The smallest absolute Gasteiger partial charge is 0.159 e. The predicted molar refractivity (Wildman–Crippen MR) is 73.7 cm³/mol. The number of phenols is 1. The van der Waals surface area contributed by atoms with Crippen molar-refractivity contribution in [2.45, 2.75) is 19.3 Å². The molecule has 1 aliphatic rings. The first-order chi connectivity index (χ1) is 9.26. The lowest BCUT2D eigenvalue weighted by Crippen LogP contribution is -2.23. The molecule has 1 aromatic heterocycles. The summed E-state index contributed by atoms with van der Waals surface area (Å²) in [4.78, 5) is 9.08. The van der Waals surface area contributed by atoms with Crippen LogP contribution in [0.1, 0.15) is 17.7 Å². The Kier molecular flexibility index (Phi) is 3.17.